The summed E-state index contributed by atoms with van der Waals surface area (Å²) in [5.41, 5.74) is 0. The minimum Gasteiger partial charge on any atom is -0.461 e. The number of likely N-dealkylation sites (tertiary alicyclic amines) is 1. The lowest BCUT2D eigenvalue weighted by Crippen LogP contribution is -2.44. The van der Waals surface area contributed by atoms with Crippen molar-refractivity contribution in [2.45, 2.75) is 64.4 Å². The van der Waals surface area contributed by atoms with Gasteiger partial charge in [0.15, 0.2) is 0 Å². The average Bonchev–Trinajstić information content (AvgIpc) is 2.78. The van der Waals surface area contributed by atoms with Crippen LogP contribution in [-0.4, -0.2) is 48.4 Å². The Morgan fingerprint density at radius 2 is 1.55 bits per heavy atom. The van der Waals surface area contributed by atoms with Crippen LogP contribution in [0, 0.1) is 17.8 Å². The summed E-state index contributed by atoms with van der Waals surface area (Å²) in [6, 6.07) is 0. The molecule has 3 atom stereocenters. The molecule has 1 fully saturated rings. The zero-order valence-electron chi connectivity index (χ0n) is 17.5. The molecule has 1 N–H and O–H groups in total. The number of piperidine rings is 1. The fourth-order valence-corrected chi connectivity index (χ4v) is 4.37. The summed E-state index contributed by atoms with van der Waals surface area (Å²) in [6.07, 6.45) is 14.7. The zero-order valence-corrected chi connectivity index (χ0v) is 17.5. The Morgan fingerprint density at radius 3 is 2.14 bits per heavy atom. The quantitative estimate of drug-likeness (QED) is 0.547. The van der Waals surface area contributed by atoms with Crippen LogP contribution < -0.4 is 5.32 Å². The smallest absolute Gasteiger partial charge is 0.309 e. The Bertz CT molecular complexity index is 649. The molecule has 0 saturated carbocycles. The van der Waals surface area contributed by atoms with Crippen LogP contribution in [0.25, 0.3) is 0 Å². The number of hydrogen-bond acceptors (Lipinski definition) is 4. The van der Waals surface area contributed by atoms with Gasteiger partial charge < -0.3 is 15.0 Å². The summed E-state index contributed by atoms with van der Waals surface area (Å²) in [5, 5.41) is 2.91. The molecule has 0 spiro atoms. The van der Waals surface area contributed by atoms with Crippen molar-refractivity contribution in [3.05, 3.63) is 24.3 Å². The van der Waals surface area contributed by atoms with Crippen LogP contribution in [0.1, 0.15) is 58.3 Å². The standard InChI is InChI=1S/C23H34N2O4/c1-17(16-24-21(26)18-8-4-2-5-9-18)29-23(28)20-12-14-25(15-13-20)22(27)19-10-6-3-7-11-19/h2-4,6,17-20H,5,7-16H2,1H3,(H,24,26)/t17-,18+,19-/m1/s1. The van der Waals surface area contributed by atoms with Crippen molar-refractivity contribution in [3.63, 3.8) is 0 Å². The SMILES string of the molecule is C[C@H](CNC(=O)[C@H]1CC=CCC1)OC(=O)C1CCN(C(=O)[C@@H]2CC=CCC2)CC1. The fourth-order valence-electron chi connectivity index (χ4n) is 4.37. The Hall–Kier alpha value is -2.11. The monoisotopic (exact) mass is 402 g/mol. The molecular weight excluding hydrogens is 368 g/mol. The van der Waals surface area contributed by atoms with Crippen molar-refractivity contribution in [2.75, 3.05) is 19.6 Å². The van der Waals surface area contributed by atoms with Gasteiger partial charge in [0, 0.05) is 24.9 Å². The van der Waals surface area contributed by atoms with Gasteiger partial charge in [0.2, 0.25) is 11.8 Å². The third kappa shape index (κ3) is 6.18. The Balaban J connectivity index is 1.35. The van der Waals surface area contributed by atoms with Crippen molar-refractivity contribution in [2.24, 2.45) is 17.8 Å². The van der Waals surface area contributed by atoms with Crippen molar-refractivity contribution in [1.82, 2.24) is 10.2 Å². The second-order valence-electron chi connectivity index (χ2n) is 8.55. The molecule has 29 heavy (non-hydrogen) atoms. The van der Waals surface area contributed by atoms with E-state index >= 15 is 0 Å². The molecule has 1 aliphatic heterocycles. The van der Waals surface area contributed by atoms with E-state index in [1.54, 1.807) is 0 Å². The molecule has 2 amide bonds. The van der Waals surface area contributed by atoms with E-state index in [4.69, 9.17) is 4.74 Å². The second-order valence-corrected chi connectivity index (χ2v) is 8.55. The van der Waals surface area contributed by atoms with Crippen molar-refractivity contribution >= 4 is 17.8 Å². The van der Waals surface area contributed by atoms with Crippen LogP contribution in [0.15, 0.2) is 24.3 Å². The lowest BCUT2D eigenvalue weighted by Gasteiger charge is -2.34. The van der Waals surface area contributed by atoms with E-state index in [-0.39, 0.29) is 41.6 Å². The van der Waals surface area contributed by atoms with Crippen molar-refractivity contribution in [1.29, 1.82) is 0 Å². The van der Waals surface area contributed by atoms with Gasteiger partial charge in [0.05, 0.1) is 12.5 Å². The predicted molar refractivity (Wildman–Crippen MR) is 111 cm³/mol. The maximum Gasteiger partial charge on any atom is 0.309 e. The number of allylic oxidation sites excluding steroid dienone is 4. The summed E-state index contributed by atoms with van der Waals surface area (Å²) in [6.45, 7) is 3.41. The van der Waals surface area contributed by atoms with E-state index in [0.717, 1.165) is 38.5 Å². The first kappa shape index (κ1) is 21.6. The molecule has 0 aromatic heterocycles. The molecular formula is C23H34N2O4. The number of esters is 1. The molecule has 3 rings (SSSR count). The van der Waals surface area contributed by atoms with E-state index in [9.17, 15) is 14.4 Å². The first-order chi connectivity index (χ1) is 14.0. The largest absolute Gasteiger partial charge is 0.461 e. The molecule has 3 aliphatic rings. The number of nitrogens with one attached hydrogen (secondary N) is 1. The number of carbonyl (C=O) groups excluding carboxylic acids is 3. The number of hydrogen-bond donors (Lipinski definition) is 1. The summed E-state index contributed by atoms with van der Waals surface area (Å²) < 4.78 is 5.56. The minimum absolute atomic E-state index is 0.0319. The number of rotatable bonds is 6. The molecule has 0 unspecified atom stereocenters. The number of ether oxygens (including phenoxy) is 1. The lowest BCUT2D eigenvalue weighted by atomic mass is 9.91. The van der Waals surface area contributed by atoms with Gasteiger partial charge in [0.25, 0.3) is 0 Å². The Labute approximate surface area is 173 Å². The van der Waals surface area contributed by atoms with Gasteiger partial charge in [-0.3, -0.25) is 14.4 Å². The topological polar surface area (TPSA) is 75.7 Å². The van der Waals surface area contributed by atoms with Gasteiger partial charge in [0.1, 0.15) is 6.10 Å². The Kier molecular flexibility index (Phi) is 7.90. The van der Waals surface area contributed by atoms with Gasteiger partial charge in [-0.1, -0.05) is 24.3 Å². The molecule has 1 heterocycles. The maximum absolute atomic E-state index is 12.6. The van der Waals surface area contributed by atoms with E-state index in [2.05, 4.69) is 29.6 Å². The van der Waals surface area contributed by atoms with Gasteiger partial charge in [-0.15, -0.1) is 0 Å². The normalized spacial score (nSPS) is 26.0. The minimum atomic E-state index is -0.348. The van der Waals surface area contributed by atoms with Crippen LogP contribution in [0.4, 0.5) is 0 Å². The highest BCUT2D eigenvalue weighted by Gasteiger charge is 2.32. The van der Waals surface area contributed by atoms with Gasteiger partial charge in [-0.2, -0.15) is 0 Å². The van der Waals surface area contributed by atoms with E-state index in [1.165, 1.54) is 0 Å². The predicted octanol–water partition coefficient (Wildman–Crippen LogP) is 2.99. The fraction of sp³-hybridized carbons (Fsp3) is 0.696. The summed E-state index contributed by atoms with van der Waals surface area (Å²) in [7, 11) is 0. The molecule has 1 saturated heterocycles. The second kappa shape index (κ2) is 10.6. The molecule has 0 aromatic rings. The summed E-state index contributed by atoms with van der Waals surface area (Å²) >= 11 is 0. The maximum atomic E-state index is 12.6. The third-order valence-corrected chi connectivity index (χ3v) is 6.28. The average molecular weight is 403 g/mol. The zero-order chi connectivity index (χ0) is 20.6. The molecule has 6 nitrogen and oxygen atoms in total. The number of amides is 2. The molecule has 0 bridgehead atoms. The van der Waals surface area contributed by atoms with Crippen LogP contribution in [0.2, 0.25) is 0 Å². The third-order valence-electron chi connectivity index (χ3n) is 6.28. The lowest BCUT2D eigenvalue weighted by molar-refractivity contribution is -0.156. The van der Waals surface area contributed by atoms with Crippen LogP contribution in [0.3, 0.4) is 0 Å². The van der Waals surface area contributed by atoms with Crippen LogP contribution >= 0.6 is 0 Å². The highest BCUT2D eigenvalue weighted by molar-refractivity contribution is 5.80. The van der Waals surface area contributed by atoms with E-state index in [1.807, 2.05) is 11.8 Å². The summed E-state index contributed by atoms with van der Waals surface area (Å²) in [4.78, 5) is 39.2. The summed E-state index contributed by atoms with van der Waals surface area (Å²) in [5.74, 6) is 0.0413. The Morgan fingerprint density at radius 1 is 0.931 bits per heavy atom. The first-order valence-corrected chi connectivity index (χ1v) is 11.1. The van der Waals surface area contributed by atoms with Crippen LogP contribution in [-0.2, 0) is 19.1 Å². The van der Waals surface area contributed by atoms with Crippen LogP contribution in [0.5, 0.6) is 0 Å². The molecule has 6 heteroatoms. The highest BCUT2D eigenvalue weighted by Crippen LogP contribution is 2.25. The molecule has 2 aliphatic carbocycles. The van der Waals surface area contributed by atoms with E-state index < -0.39 is 0 Å². The van der Waals surface area contributed by atoms with Crippen molar-refractivity contribution < 1.29 is 19.1 Å². The first-order valence-electron chi connectivity index (χ1n) is 11.1. The van der Waals surface area contributed by atoms with Gasteiger partial charge in [-0.25, -0.2) is 0 Å². The molecule has 0 aromatic carbocycles. The highest BCUT2D eigenvalue weighted by atomic mass is 16.5. The number of carbonyl (C=O) groups is 3. The van der Waals surface area contributed by atoms with Gasteiger partial charge >= 0.3 is 5.97 Å². The molecule has 160 valence electrons. The van der Waals surface area contributed by atoms with E-state index in [0.29, 0.717) is 32.5 Å². The van der Waals surface area contributed by atoms with Gasteiger partial charge in [-0.05, 0) is 58.3 Å². The van der Waals surface area contributed by atoms with Crippen molar-refractivity contribution in [3.8, 4) is 0 Å². The molecule has 0 radical (unpaired) electrons. The number of nitrogens with zero attached hydrogens (tertiary/aromatic N) is 1.